The summed E-state index contributed by atoms with van der Waals surface area (Å²) in [6.07, 6.45) is 4.54. The summed E-state index contributed by atoms with van der Waals surface area (Å²) < 4.78 is 0. The number of nitrogens with one attached hydrogen (secondary N) is 1. The number of piperidine rings is 1. The second-order valence-corrected chi connectivity index (χ2v) is 7.14. The van der Waals surface area contributed by atoms with Gasteiger partial charge in [-0.25, -0.2) is 0 Å². The molecule has 2 aliphatic heterocycles. The molecule has 3 aliphatic rings. The lowest BCUT2D eigenvalue weighted by Gasteiger charge is -2.38. The van der Waals surface area contributed by atoms with Gasteiger partial charge in [0.2, 0.25) is 5.91 Å². The Morgan fingerprint density at radius 1 is 1.27 bits per heavy atom. The molecule has 3 fully saturated rings. The molecule has 6 heteroatoms. The van der Waals surface area contributed by atoms with Crippen LogP contribution in [0.15, 0.2) is 0 Å². The molecule has 1 amide bonds. The molecule has 0 radical (unpaired) electrons. The molecular formula is C16H29N3O3. The van der Waals surface area contributed by atoms with Gasteiger partial charge in [-0.15, -0.1) is 0 Å². The van der Waals surface area contributed by atoms with E-state index in [2.05, 4.69) is 10.2 Å². The summed E-state index contributed by atoms with van der Waals surface area (Å²) in [7, 11) is 0. The standard InChI is InChI=1S/C16H29N3O3/c20-12-13(19-10-7-17-6-1-15(19)22)2-8-18-9-5-16(3-4-16)14(21)11-18/h13-14,17,20-21H,1-12H2/t13-,14?/m0/s1. The minimum absolute atomic E-state index is 0.0199. The zero-order valence-electron chi connectivity index (χ0n) is 13.3. The average molecular weight is 311 g/mol. The maximum Gasteiger partial charge on any atom is 0.224 e. The van der Waals surface area contributed by atoms with Crippen molar-refractivity contribution in [1.29, 1.82) is 0 Å². The lowest BCUT2D eigenvalue weighted by atomic mass is 9.90. The minimum atomic E-state index is -0.196. The first-order valence-corrected chi connectivity index (χ1v) is 8.66. The molecule has 1 unspecified atom stereocenters. The predicted molar refractivity (Wildman–Crippen MR) is 83.4 cm³/mol. The molecule has 6 nitrogen and oxygen atoms in total. The number of aliphatic hydroxyl groups is 2. The quantitative estimate of drug-likeness (QED) is 0.632. The Bertz CT molecular complexity index is 400. The Balaban J connectivity index is 1.49. The summed E-state index contributed by atoms with van der Waals surface area (Å²) in [6.45, 7) is 4.84. The SMILES string of the molecule is O=C1CCNCCN1[C@H](CO)CCN1CCC2(CC2)C(O)C1. The molecular weight excluding hydrogens is 282 g/mol. The van der Waals surface area contributed by atoms with Crippen LogP contribution >= 0.6 is 0 Å². The fraction of sp³-hybridized carbons (Fsp3) is 0.938. The fourth-order valence-electron chi connectivity index (χ4n) is 3.88. The molecule has 3 rings (SSSR count). The van der Waals surface area contributed by atoms with Gasteiger partial charge in [-0.3, -0.25) is 4.79 Å². The van der Waals surface area contributed by atoms with Crippen LogP contribution in [0.1, 0.15) is 32.1 Å². The predicted octanol–water partition coefficient (Wildman–Crippen LogP) is -0.594. The first kappa shape index (κ1) is 16.2. The van der Waals surface area contributed by atoms with Crippen LogP contribution in [0.5, 0.6) is 0 Å². The van der Waals surface area contributed by atoms with Crippen molar-refractivity contribution in [3.8, 4) is 0 Å². The maximum absolute atomic E-state index is 12.1. The first-order valence-electron chi connectivity index (χ1n) is 8.66. The van der Waals surface area contributed by atoms with Crippen LogP contribution in [0.25, 0.3) is 0 Å². The Kier molecular flexibility index (Phi) is 5.02. The Morgan fingerprint density at radius 3 is 2.77 bits per heavy atom. The van der Waals surface area contributed by atoms with Gasteiger partial charge in [0.25, 0.3) is 0 Å². The number of nitrogens with zero attached hydrogens (tertiary/aromatic N) is 2. The van der Waals surface area contributed by atoms with E-state index < -0.39 is 0 Å². The Morgan fingerprint density at radius 2 is 2.09 bits per heavy atom. The van der Waals surface area contributed by atoms with Crippen molar-refractivity contribution >= 4 is 5.91 Å². The van der Waals surface area contributed by atoms with E-state index in [-0.39, 0.29) is 30.1 Å². The van der Waals surface area contributed by atoms with Crippen molar-refractivity contribution in [2.75, 3.05) is 45.9 Å². The van der Waals surface area contributed by atoms with Crippen LogP contribution in [-0.2, 0) is 4.79 Å². The molecule has 0 aromatic rings. The fourth-order valence-corrected chi connectivity index (χ4v) is 3.88. The van der Waals surface area contributed by atoms with Crippen LogP contribution in [0, 0.1) is 5.41 Å². The van der Waals surface area contributed by atoms with Crippen LogP contribution in [0.3, 0.4) is 0 Å². The number of likely N-dealkylation sites (tertiary alicyclic amines) is 1. The van der Waals surface area contributed by atoms with Gasteiger partial charge < -0.3 is 25.3 Å². The van der Waals surface area contributed by atoms with Gasteiger partial charge in [-0.05, 0) is 37.6 Å². The van der Waals surface area contributed by atoms with Gasteiger partial charge in [0.15, 0.2) is 0 Å². The van der Waals surface area contributed by atoms with Crippen LogP contribution in [0.4, 0.5) is 0 Å². The van der Waals surface area contributed by atoms with Crippen molar-refractivity contribution in [3.05, 3.63) is 0 Å². The zero-order chi connectivity index (χ0) is 15.6. The Labute approximate surface area is 132 Å². The number of aliphatic hydroxyl groups excluding tert-OH is 2. The lowest BCUT2D eigenvalue weighted by molar-refractivity contribution is -0.133. The summed E-state index contributed by atoms with van der Waals surface area (Å²) >= 11 is 0. The molecule has 0 aromatic heterocycles. The average Bonchev–Trinajstić information content (AvgIpc) is 3.31. The highest BCUT2D eigenvalue weighted by Crippen LogP contribution is 2.53. The van der Waals surface area contributed by atoms with Gasteiger partial charge in [0, 0.05) is 39.1 Å². The summed E-state index contributed by atoms with van der Waals surface area (Å²) in [5.74, 6) is 0.139. The summed E-state index contributed by atoms with van der Waals surface area (Å²) in [5, 5.41) is 23.2. The highest BCUT2D eigenvalue weighted by atomic mass is 16.3. The molecule has 2 heterocycles. The van der Waals surface area contributed by atoms with E-state index in [4.69, 9.17) is 0 Å². The van der Waals surface area contributed by atoms with Gasteiger partial charge >= 0.3 is 0 Å². The topological polar surface area (TPSA) is 76.0 Å². The molecule has 1 spiro atoms. The van der Waals surface area contributed by atoms with Crippen molar-refractivity contribution < 1.29 is 15.0 Å². The third kappa shape index (κ3) is 3.45. The number of amides is 1. The number of carbonyl (C=O) groups is 1. The van der Waals surface area contributed by atoms with Crippen molar-refractivity contribution in [2.45, 2.75) is 44.2 Å². The largest absolute Gasteiger partial charge is 0.394 e. The van der Waals surface area contributed by atoms with Crippen LogP contribution in [-0.4, -0.2) is 83.9 Å². The molecule has 0 aromatic carbocycles. The van der Waals surface area contributed by atoms with Gasteiger partial charge in [-0.2, -0.15) is 0 Å². The number of β-amino-alcohol motifs (C(OH)–C–C–N with tert-alkyl or cyclic N) is 1. The molecule has 2 saturated heterocycles. The van der Waals surface area contributed by atoms with Gasteiger partial charge in [-0.1, -0.05) is 0 Å². The van der Waals surface area contributed by atoms with E-state index in [0.717, 1.165) is 45.6 Å². The molecule has 1 aliphatic carbocycles. The highest BCUT2D eigenvalue weighted by Gasteiger charge is 2.51. The van der Waals surface area contributed by atoms with Crippen molar-refractivity contribution in [1.82, 2.24) is 15.1 Å². The zero-order valence-corrected chi connectivity index (χ0v) is 13.3. The van der Waals surface area contributed by atoms with Crippen molar-refractivity contribution in [3.63, 3.8) is 0 Å². The monoisotopic (exact) mass is 311 g/mol. The van der Waals surface area contributed by atoms with Gasteiger partial charge in [0.1, 0.15) is 0 Å². The lowest BCUT2D eigenvalue weighted by Crippen LogP contribution is -2.48. The molecule has 22 heavy (non-hydrogen) atoms. The highest BCUT2D eigenvalue weighted by molar-refractivity contribution is 5.77. The van der Waals surface area contributed by atoms with E-state index in [1.807, 2.05) is 4.90 Å². The number of hydrogen-bond acceptors (Lipinski definition) is 5. The van der Waals surface area contributed by atoms with Crippen LogP contribution < -0.4 is 5.32 Å². The molecule has 1 saturated carbocycles. The molecule has 3 N–H and O–H groups in total. The summed E-state index contributed by atoms with van der Waals surface area (Å²) in [4.78, 5) is 16.3. The van der Waals surface area contributed by atoms with Crippen LogP contribution in [0.2, 0.25) is 0 Å². The first-order chi connectivity index (χ1) is 10.6. The van der Waals surface area contributed by atoms with E-state index in [1.54, 1.807) is 0 Å². The second-order valence-electron chi connectivity index (χ2n) is 7.14. The number of carbonyl (C=O) groups excluding carboxylic acids is 1. The normalized spacial score (nSPS) is 30.4. The summed E-state index contributed by atoms with van der Waals surface area (Å²) in [5.41, 5.74) is 0.235. The molecule has 0 bridgehead atoms. The van der Waals surface area contributed by atoms with Crippen molar-refractivity contribution in [2.24, 2.45) is 5.41 Å². The van der Waals surface area contributed by atoms with E-state index in [1.165, 1.54) is 12.8 Å². The number of hydrogen-bond donors (Lipinski definition) is 3. The maximum atomic E-state index is 12.1. The van der Waals surface area contributed by atoms with E-state index in [9.17, 15) is 15.0 Å². The van der Waals surface area contributed by atoms with E-state index in [0.29, 0.717) is 13.0 Å². The third-order valence-electron chi connectivity index (χ3n) is 5.75. The summed E-state index contributed by atoms with van der Waals surface area (Å²) in [6, 6.07) is -0.0960. The minimum Gasteiger partial charge on any atom is -0.394 e. The molecule has 2 atom stereocenters. The second kappa shape index (κ2) is 6.83. The van der Waals surface area contributed by atoms with E-state index >= 15 is 0 Å². The third-order valence-corrected chi connectivity index (χ3v) is 5.75. The number of rotatable bonds is 5. The Hall–Kier alpha value is -0.690. The smallest absolute Gasteiger partial charge is 0.224 e. The molecule has 126 valence electrons. The van der Waals surface area contributed by atoms with Gasteiger partial charge in [0.05, 0.1) is 18.8 Å².